The summed E-state index contributed by atoms with van der Waals surface area (Å²) in [6.45, 7) is 0. The summed E-state index contributed by atoms with van der Waals surface area (Å²) in [4.78, 5) is 2.42. The van der Waals surface area contributed by atoms with Gasteiger partial charge in [-0.05, 0) is 92.9 Å². The predicted octanol–water partition coefficient (Wildman–Crippen LogP) is 16.1. The van der Waals surface area contributed by atoms with E-state index in [4.69, 9.17) is 0 Å². The number of fused-ring (bicyclic) bond motifs is 4. The first-order chi connectivity index (χ1) is 29.8. The van der Waals surface area contributed by atoms with Crippen LogP contribution < -0.4 is 4.90 Å². The summed E-state index contributed by atoms with van der Waals surface area (Å²) in [6, 6.07) is 87.9. The smallest absolute Gasteiger partial charge is 0.0541 e. The molecule has 60 heavy (non-hydrogen) atoms. The Balaban J connectivity index is 1.13. The number of nitrogens with zero attached hydrogens (tertiary/aromatic N) is 2. The molecule has 0 aliphatic heterocycles. The molecule has 0 radical (unpaired) electrons. The van der Waals surface area contributed by atoms with Crippen LogP contribution in [0.4, 0.5) is 17.1 Å². The lowest BCUT2D eigenvalue weighted by Crippen LogP contribution is -2.11. The maximum atomic E-state index is 2.43. The molecule has 282 valence electrons. The van der Waals surface area contributed by atoms with Gasteiger partial charge in [-0.2, -0.15) is 0 Å². The highest BCUT2D eigenvalue weighted by atomic mass is 15.1. The molecule has 2 nitrogen and oxygen atoms in total. The van der Waals surface area contributed by atoms with Crippen LogP contribution in [0.2, 0.25) is 0 Å². The van der Waals surface area contributed by atoms with E-state index in [1.165, 1.54) is 71.5 Å². The molecule has 0 bridgehead atoms. The number of rotatable bonds is 8. The van der Waals surface area contributed by atoms with Gasteiger partial charge in [0.2, 0.25) is 0 Å². The van der Waals surface area contributed by atoms with E-state index in [9.17, 15) is 0 Å². The highest BCUT2D eigenvalue weighted by Gasteiger charge is 2.22. The van der Waals surface area contributed by atoms with Crippen molar-refractivity contribution < 1.29 is 0 Å². The zero-order valence-electron chi connectivity index (χ0n) is 33.0. The maximum absolute atomic E-state index is 2.43. The third-order valence-corrected chi connectivity index (χ3v) is 11.8. The minimum Gasteiger partial charge on any atom is -0.310 e. The number of hydrogen-bond acceptors (Lipinski definition) is 1. The van der Waals surface area contributed by atoms with E-state index >= 15 is 0 Å². The molecule has 0 spiro atoms. The van der Waals surface area contributed by atoms with Gasteiger partial charge in [0.05, 0.1) is 22.4 Å². The van der Waals surface area contributed by atoms with Crippen LogP contribution in [0.25, 0.3) is 82.8 Å². The third kappa shape index (κ3) is 6.06. The molecule has 0 saturated heterocycles. The molecule has 2 heteroatoms. The van der Waals surface area contributed by atoms with E-state index in [-0.39, 0.29) is 0 Å². The van der Waals surface area contributed by atoms with Crippen LogP contribution in [0, 0.1) is 0 Å². The van der Waals surface area contributed by atoms with E-state index in [0.717, 1.165) is 28.3 Å². The Labute approximate surface area is 350 Å². The number of hydrogen-bond donors (Lipinski definition) is 0. The molecule has 0 aliphatic rings. The number of aromatic nitrogens is 1. The zero-order chi connectivity index (χ0) is 39.8. The minimum atomic E-state index is 1.08. The molecule has 1 aromatic heterocycles. The average molecular weight is 765 g/mol. The molecule has 1 heterocycles. The Bertz CT molecular complexity index is 3260. The lowest BCUT2D eigenvalue weighted by atomic mass is 9.90. The Hall–Kier alpha value is -7.94. The molecule has 0 atom stereocenters. The van der Waals surface area contributed by atoms with Gasteiger partial charge in [0.15, 0.2) is 0 Å². The Morgan fingerprint density at radius 3 is 1.40 bits per heavy atom. The van der Waals surface area contributed by atoms with Gasteiger partial charge in [-0.1, -0.05) is 194 Å². The van der Waals surface area contributed by atoms with Crippen LogP contribution in [-0.4, -0.2) is 4.57 Å². The van der Waals surface area contributed by atoms with Crippen molar-refractivity contribution in [2.45, 2.75) is 0 Å². The summed E-state index contributed by atoms with van der Waals surface area (Å²) in [7, 11) is 0. The van der Waals surface area contributed by atoms with Crippen molar-refractivity contribution in [3.63, 3.8) is 0 Å². The van der Waals surface area contributed by atoms with E-state index in [2.05, 4.69) is 252 Å². The molecule has 0 saturated carbocycles. The quantitative estimate of drug-likeness (QED) is 0.150. The van der Waals surface area contributed by atoms with Gasteiger partial charge in [-0.25, -0.2) is 0 Å². The Kier molecular flexibility index (Phi) is 8.87. The van der Waals surface area contributed by atoms with Crippen molar-refractivity contribution in [3.05, 3.63) is 243 Å². The van der Waals surface area contributed by atoms with Crippen LogP contribution in [0.5, 0.6) is 0 Å². The van der Waals surface area contributed by atoms with E-state index in [1.54, 1.807) is 0 Å². The van der Waals surface area contributed by atoms with Crippen LogP contribution >= 0.6 is 0 Å². The van der Waals surface area contributed by atoms with Crippen LogP contribution in [0.3, 0.4) is 0 Å². The predicted molar refractivity (Wildman–Crippen MR) is 255 cm³/mol. The van der Waals surface area contributed by atoms with E-state index in [0.29, 0.717) is 0 Å². The van der Waals surface area contributed by atoms with Gasteiger partial charge < -0.3 is 9.47 Å². The monoisotopic (exact) mass is 764 g/mol. The fraction of sp³-hybridized carbons (Fsp3) is 0. The normalized spacial score (nSPS) is 11.3. The molecule has 0 N–H and O–H groups in total. The van der Waals surface area contributed by atoms with Crippen molar-refractivity contribution in [1.82, 2.24) is 4.57 Å². The van der Waals surface area contributed by atoms with Gasteiger partial charge in [0, 0.05) is 33.1 Å². The average Bonchev–Trinajstić information content (AvgIpc) is 3.67. The molecule has 0 amide bonds. The molecular weight excluding hydrogens is 725 g/mol. The van der Waals surface area contributed by atoms with Crippen LogP contribution in [-0.2, 0) is 0 Å². The Morgan fingerprint density at radius 1 is 0.267 bits per heavy atom. The second kappa shape index (κ2) is 15.1. The molecule has 0 fully saturated rings. The standard InChI is InChI=1S/C58H40N2/c1-4-20-41(21-5-1)45-26-10-11-27-46(45)48-38-39-58(50-29-13-12-28-47(48)50)59(43-24-8-3-9-25-43)44-36-37-49(54(40-44)42-22-6-2-7-23-42)51-30-14-17-33-55(51)60-56-34-18-15-31-52(56)53-32-16-19-35-57(53)60/h1-40H. The summed E-state index contributed by atoms with van der Waals surface area (Å²) >= 11 is 0. The summed E-state index contributed by atoms with van der Waals surface area (Å²) < 4.78 is 2.43. The largest absolute Gasteiger partial charge is 0.310 e. The Morgan fingerprint density at radius 2 is 0.733 bits per heavy atom. The van der Waals surface area contributed by atoms with Gasteiger partial charge in [0.1, 0.15) is 0 Å². The van der Waals surface area contributed by atoms with Gasteiger partial charge in [-0.3, -0.25) is 0 Å². The van der Waals surface area contributed by atoms with Crippen molar-refractivity contribution in [3.8, 4) is 50.2 Å². The number of para-hydroxylation sites is 4. The summed E-state index contributed by atoms with van der Waals surface area (Å²) in [6.07, 6.45) is 0. The van der Waals surface area contributed by atoms with Crippen LogP contribution in [0.1, 0.15) is 0 Å². The topological polar surface area (TPSA) is 8.17 Å². The lowest BCUT2D eigenvalue weighted by Gasteiger charge is -2.29. The lowest BCUT2D eigenvalue weighted by molar-refractivity contribution is 1.18. The fourth-order valence-corrected chi connectivity index (χ4v) is 9.15. The van der Waals surface area contributed by atoms with Crippen molar-refractivity contribution in [2.75, 3.05) is 4.90 Å². The number of anilines is 3. The fourth-order valence-electron chi connectivity index (χ4n) is 9.15. The molecule has 0 aliphatic carbocycles. The highest BCUT2D eigenvalue weighted by molar-refractivity contribution is 6.11. The first kappa shape index (κ1) is 35.2. The molecule has 11 aromatic rings. The molecule has 11 rings (SSSR count). The van der Waals surface area contributed by atoms with Gasteiger partial charge in [-0.15, -0.1) is 0 Å². The number of benzene rings is 10. The zero-order valence-corrected chi connectivity index (χ0v) is 33.0. The minimum absolute atomic E-state index is 1.08. The SMILES string of the molecule is c1ccc(-c2cc(N(c3ccccc3)c3ccc(-c4ccccc4-c4ccccc4)c4ccccc34)ccc2-c2ccccc2-n2c3ccccc3c3ccccc32)cc1. The summed E-state index contributed by atoms with van der Waals surface area (Å²) in [5.41, 5.74) is 16.4. The summed E-state index contributed by atoms with van der Waals surface area (Å²) in [5, 5.41) is 4.90. The molecule has 10 aromatic carbocycles. The van der Waals surface area contributed by atoms with Crippen molar-refractivity contribution >= 4 is 49.6 Å². The second-order valence-electron chi connectivity index (χ2n) is 15.2. The van der Waals surface area contributed by atoms with Crippen LogP contribution in [0.15, 0.2) is 243 Å². The second-order valence-corrected chi connectivity index (χ2v) is 15.2. The first-order valence-corrected chi connectivity index (χ1v) is 20.6. The third-order valence-electron chi connectivity index (χ3n) is 11.8. The van der Waals surface area contributed by atoms with Gasteiger partial charge >= 0.3 is 0 Å². The van der Waals surface area contributed by atoms with Gasteiger partial charge in [0.25, 0.3) is 0 Å². The van der Waals surface area contributed by atoms with E-state index < -0.39 is 0 Å². The molecular formula is C58H40N2. The van der Waals surface area contributed by atoms with Crippen molar-refractivity contribution in [2.24, 2.45) is 0 Å². The highest BCUT2D eigenvalue weighted by Crippen LogP contribution is 2.47. The maximum Gasteiger partial charge on any atom is 0.0541 e. The van der Waals surface area contributed by atoms with E-state index in [1.807, 2.05) is 0 Å². The van der Waals surface area contributed by atoms with Crippen molar-refractivity contribution in [1.29, 1.82) is 0 Å². The summed E-state index contributed by atoms with van der Waals surface area (Å²) in [5.74, 6) is 0. The molecule has 0 unspecified atom stereocenters. The first-order valence-electron chi connectivity index (χ1n) is 20.6.